The second-order valence-corrected chi connectivity index (χ2v) is 5.74. The molecule has 0 bridgehead atoms. The number of benzene rings is 2. The van der Waals surface area contributed by atoms with E-state index in [-0.39, 0.29) is 11.9 Å². The molecule has 1 atom stereocenters. The van der Waals surface area contributed by atoms with Gasteiger partial charge in [-0.15, -0.1) is 0 Å². The van der Waals surface area contributed by atoms with Crippen LogP contribution in [0.1, 0.15) is 25.5 Å². The first-order valence-electron chi connectivity index (χ1n) is 6.57. The topological polar surface area (TPSA) is 21.3 Å². The molecule has 2 nitrogen and oxygen atoms in total. The number of halogens is 2. The van der Waals surface area contributed by atoms with E-state index in [0.29, 0.717) is 11.5 Å². The summed E-state index contributed by atoms with van der Waals surface area (Å²) < 4.78 is 20.9. The number of para-hydroxylation sites is 1. The second-order valence-electron chi connectivity index (χ2n) is 4.50. The highest BCUT2D eigenvalue weighted by Gasteiger charge is 2.15. The van der Waals surface area contributed by atoms with Crippen molar-refractivity contribution in [2.45, 2.75) is 19.9 Å². The van der Waals surface area contributed by atoms with Crippen molar-refractivity contribution in [3.05, 3.63) is 57.4 Å². The molecule has 0 saturated heterocycles. The molecule has 0 aliphatic heterocycles. The van der Waals surface area contributed by atoms with Crippen molar-refractivity contribution >= 4 is 22.6 Å². The van der Waals surface area contributed by atoms with Crippen LogP contribution >= 0.6 is 22.6 Å². The lowest BCUT2D eigenvalue weighted by Gasteiger charge is -2.18. The van der Waals surface area contributed by atoms with Crippen LogP contribution in [0.5, 0.6) is 11.5 Å². The average molecular weight is 385 g/mol. The fourth-order valence-electron chi connectivity index (χ4n) is 2.04. The first kappa shape index (κ1) is 15.3. The summed E-state index contributed by atoms with van der Waals surface area (Å²) in [5, 5.41) is 3.28. The number of nitrogens with one attached hydrogen (secondary N) is 1. The SMILES string of the molecule is CCNC(C)c1cccc(F)c1Oc1cccc(I)c1. The summed E-state index contributed by atoms with van der Waals surface area (Å²) in [6.07, 6.45) is 0. The van der Waals surface area contributed by atoms with Crippen molar-refractivity contribution in [3.8, 4) is 11.5 Å². The molecule has 0 aliphatic rings. The largest absolute Gasteiger partial charge is 0.454 e. The maximum Gasteiger partial charge on any atom is 0.167 e. The predicted octanol–water partition coefficient (Wildman–Crippen LogP) is 4.89. The average Bonchev–Trinajstić information content (AvgIpc) is 2.41. The Bertz CT molecular complexity index is 588. The summed E-state index contributed by atoms with van der Waals surface area (Å²) in [6, 6.07) is 12.6. The summed E-state index contributed by atoms with van der Waals surface area (Å²) in [4.78, 5) is 0. The van der Waals surface area contributed by atoms with Crippen LogP contribution in [0.15, 0.2) is 42.5 Å². The summed E-state index contributed by atoms with van der Waals surface area (Å²) in [5.74, 6) is 0.598. The highest BCUT2D eigenvalue weighted by molar-refractivity contribution is 14.1. The van der Waals surface area contributed by atoms with Gasteiger partial charge in [-0.25, -0.2) is 4.39 Å². The van der Waals surface area contributed by atoms with Crippen LogP contribution in [0.25, 0.3) is 0 Å². The standard InChI is InChI=1S/C16H17FINO/c1-3-19-11(2)14-8-5-9-15(17)16(14)20-13-7-4-6-12(18)10-13/h4-11,19H,3H2,1-2H3. The van der Waals surface area contributed by atoms with Crippen molar-refractivity contribution < 1.29 is 9.13 Å². The minimum atomic E-state index is -0.342. The van der Waals surface area contributed by atoms with Crippen molar-refractivity contribution in [3.63, 3.8) is 0 Å². The Balaban J connectivity index is 2.35. The van der Waals surface area contributed by atoms with Crippen LogP contribution in [0.3, 0.4) is 0 Å². The molecule has 0 aromatic heterocycles. The summed E-state index contributed by atoms with van der Waals surface area (Å²) in [6.45, 7) is 4.84. The molecule has 1 unspecified atom stereocenters. The first-order valence-corrected chi connectivity index (χ1v) is 7.65. The molecular weight excluding hydrogens is 368 g/mol. The minimum Gasteiger partial charge on any atom is -0.454 e. The molecule has 106 valence electrons. The molecule has 0 saturated carbocycles. The van der Waals surface area contributed by atoms with Gasteiger partial charge in [0.1, 0.15) is 5.75 Å². The zero-order valence-corrected chi connectivity index (χ0v) is 13.6. The van der Waals surface area contributed by atoms with Gasteiger partial charge in [0.25, 0.3) is 0 Å². The van der Waals surface area contributed by atoms with E-state index in [9.17, 15) is 4.39 Å². The van der Waals surface area contributed by atoms with E-state index in [1.807, 2.05) is 44.2 Å². The quantitative estimate of drug-likeness (QED) is 0.740. The van der Waals surface area contributed by atoms with Crippen molar-refractivity contribution in [1.82, 2.24) is 5.32 Å². The zero-order valence-electron chi connectivity index (χ0n) is 11.5. The van der Waals surface area contributed by atoms with Crippen LogP contribution in [0, 0.1) is 9.39 Å². The molecule has 20 heavy (non-hydrogen) atoms. The third-order valence-corrected chi connectivity index (χ3v) is 3.66. The molecule has 2 aromatic carbocycles. The molecule has 4 heteroatoms. The van der Waals surface area contributed by atoms with Gasteiger partial charge in [-0.05, 0) is 60.3 Å². The summed E-state index contributed by atoms with van der Waals surface area (Å²) in [7, 11) is 0. The van der Waals surface area contributed by atoms with Crippen LogP contribution in [-0.2, 0) is 0 Å². The fraction of sp³-hybridized carbons (Fsp3) is 0.250. The maximum absolute atomic E-state index is 14.1. The fourth-order valence-corrected chi connectivity index (χ4v) is 2.55. The lowest BCUT2D eigenvalue weighted by Crippen LogP contribution is -2.18. The van der Waals surface area contributed by atoms with Gasteiger partial charge < -0.3 is 10.1 Å². The van der Waals surface area contributed by atoms with E-state index in [4.69, 9.17) is 4.74 Å². The molecule has 0 radical (unpaired) electrons. The Hall–Kier alpha value is -1.14. The van der Waals surface area contributed by atoms with Crippen molar-refractivity contribution in [2.75, 3.05) is 6.54 Å². The van der Waals surface area contributed by atoms with Gasteiger partial charge >= 0.3 is 0 Å². The van der Waals surface area contributed by atoms with E-state index in [1.54, 1.807) is 6.07 Å². The smallest absolute Gasteiger partial charge is 0.167 e. The van der Waals surface area contributed by atoms with E-state index >= 15 is 0 Å². The van der Waals surface area contributed by atoms with E-state index in [0.717, 1.165) is 15.7 Å². The number of hydrogen-bond donors (Lipinski definition) is 1. The van der Waals surface area contributed by atoms with E-state index in [2.05, 4.69) is 27.9 Å². The molecule has 0 amide bonds. The normalized spacial score (nSPS) is 12.2. The molecule has 2 aromatic rings. The van der Waals surface area contributed by atoms with Gasteiger partial charge in [0.2, 0.25) is 0 Å². The summed E-state index contributed by atoms with van der Waals surface area (Å²) >= 11 is 2.21. The Morgan fingerprint density at radius 3 is 2.70 bits per heavy atom. The van der Waals surface area contributed by atoms with Gasteiger partial charge in [0.05, 0.1) is 0 Å². The molecule has 0 spiro atoms. The van der Waals surface area contributed by atoms with Gasteiger partial charge in [-0.3, -0.25) is 0 Å². The van der Waals surface area contributed by atoms with Gasteiger partial charge in [-0.1, -0.05) is 25.1 Å². The predicted molar refractivity (Wildman–Crippen MR) is 87.7 cm³/mol. The van der Waals surface area contributed by atoms with Crippen molar-refractivity contribution in [1.29, 1.82) is 0 Å². The molecule has 0 heterocycles. The monoisotopic (exact) mass is 385 g/mol. The lowest BCUT2D eigenvalue weighted by molar-refractivity contribution is 0.426. The third kappa shape index (κ3) is 3.70. The highest BCUT2D eigenvalue weighted by Crippen LogP contribution is 2.32. The molecule has 1 N–H and O–H groups in total. The maximum atomic E-state index is 14.1. The molecule has 2 rings (SSSR count). The second kappa shape index (κ2) is 7.04. The van der Waals surface area contributed by atoms with Crippen LogP contribution in [0.2, 0.25) is 0 Å². The molecule has 0 aliphatic carbocycles. The van der Waals surface area contributed by atoms with E-state index < -0.39 is 0 Å². The number of rotatable bonds is 5. The zero-order chi connectivity index (χ0) is 14.5. The Labute approximate surface area is 132 Å². The highest BCUT2D eigenvalue weighted by atomic mass is 127. The number of ether oxygens (including phenoxy) is 1. The van der Waals surface area contributed by atoms with Crippen molar-refractivity contribution in [2.24, 2.45) is 0 Å². The molecular formula is C16H17FINO. The van der Waals surface area contributed by atoms with Crippen LogP contribution < -0.4 is 10.1 Å². The van der Waals surface area contributed by atoms with Crippen LogP contribution in [-0.4, -0.2) is 6.54 Å². The van der Waals surface area contributed by atoms with E-state index in [1.165, 1.54) is 6.07 Å². The lowest BCUT2D eigenvalue weighted by atomic mass is 10.1. The summed E-state index contributed by atoms with van der Waals surface area (Å²) in [5.41, 5.74) is 0.825. The Kier molecular flexibility index (Phi) is 5.37. The minimum absolute atomic E-state index is 0.0356. The van der Waals surface area contributed by atoms with Gasteiger partial charge in [-0.2, -0.15) is 0 Å². The van der Waals surface area contributed by atoms with Crippen LogP contribution in [0.4, 0.5) is 4.39 Å². The van der Waals surface area contributed by atoms with Gasteiger partial charge in [0.15, 0.2) is 11.6 Å². The Morgan fingerprint density at radius 1 is 1.25 bits per heavy atom. The first-order chi connectivity index (χ1) is 9.61. The molecule has 0 fully saturated rings. The number of hydrogen-bond acceptors (Lipinski definition) is 2. The Morgan fingerprint density at radius 2 is 2.00 bits per heavy atom. The third-order valence-electron chi connectivity index (χ3n) is 2.99. The van der Waals surface area contributed by atoms with Gasteiger partial charge in [0, 0.05) is 15.2 Å².